The Morgan fingerprint density at radius 3 is 2.42 bits per heavy atom. The van der Waals surface area contributed by atoms with Crippen LogP contribution in [-0.2, 0) is 16.1 Å². The molecule has 0 spiro atoms. The van der Waals surface area contributed by atoms with E-state index in [-0.39, 0.29) is 35.5 Å². The Hall–Kier alpha value is -2.11. The molecule has 26 heavy (non-hydrogen) atoms. The summed E-state index contributed by atoms with van der Waals surface area (Å²) in [5, 5.41) is 5.43. The molecule has 5 nitrogen and oxygen atoms in total. The van der Waals surface area contributed by atoms with Crippen molar-refractivity contribution in [3.05, 3.63) is 58.4 Å². The molecule has 1 aliphatic heterocycles. The molecular formula is C19H15Cl2N3O2. The number of allylic oxidation sites excluding steroid dienone is 2. The van der Waals surface area contributed by atoms with Crippen LogP contribution >= 0.6 is 23.2 Å². The summed E-state index contributed by atoms with van der Waals surface area (Å²) in [5.74, 6) is -0.191. The summed E-state index contributed by atoms with van der Waals surface area (Å²) < 4.78 is 1.67. The highest BCUT2D eigenvalue weighted by molar-refractivity contribution is 6.35. The van der Waals surface area contributed by atoms with Gasteiger partial charge < -0.3 is 0 Å². The van der Waals surface area contributed by atoms with E-state index in [1.54, 1.807) is 29.2 Å². The highest BCUT2D eigenvalue weighted by atomic mass is 35.5. The minimum Gasteiger partial charge on any atom is -0.274 e. The summed E-state index contributed by atoms with van der Waals surface area (Å²) >= 11 is 12.1. The second-order valence-electron chi connectivity index (χ2n) is 7.14. The molecule has 0 radical (unpaired) electrons. The number of hydrogen-bond acceptors (Lipinski definition) is 3. The van der Waals surface area contributed by atoms with Gasteiger partial charge >= 0.3 is 0 Å². The predicted octanol–water partition coefficient (Wildman–Crippen LogP) is 3.55. The molecule has 1 aromatic heterocycles. The maximum Gasteiger partial charge on any atom is 0.238 e. The molecule has 4 atom stereocenters. The molecule has 7 heteroatoms. The van der Waals surface area contributed by atoms with Crippen LogP contribution in [0, 0.1) is 23.7 Å². The first-order valence-corrected chi connectivity index (χ1v) is 9.31. The van der Waals surface area contributed by atoms with Gasteiger partial charge in [0.2, 0.25) is 11.8 Å². The van der Waals surface area contributed by atoms with Crippen molar-refractivity contribution in [2.75, 3.05) is 4.90 Å². The van der Waals surface area contributed by atoms with Crippen molar-refractivity contribution < 1.29 is 9.59 Å². The number of benzene rings is 1. The Morgan fingerprint density at radius 2 is 1.77 bits per heavy atom. The van der Waals surface area contributed by atoms with Crippen LogP contribution in [0.1, 0.15) is 12.0 Å². The normalized spacial score (nSPS) is 29.1. The Balaban J connectivity index is 1.41. The SMILES string of the molecule is O=C1[C@@H]2[C@H](C(=O)N1c1cnn(Cc3ccc(Cl)cc3Cl)c1)[C@@H]1C=C[C@H]2C1. The summed E-state index contributed by atoms with van der Waals surface area (Å²) in [6.45, 7) is 0.436. The lowest BCUT2D eigenvalue weighted by Crippen LogP contribution is -2.32. The van der Waals surface area contributed by atoms with E-state index in [1.807, 2.05) is 6.07 Å². The van der Waals surface area contributed by atoms with Crippen molar-refractivity contribution >= 4 is 40.7 Å². The Labute approximate surface area is 160 Å². The zero-order valence-electron chi connectivity index (χ0n) is 13.7. The lowest BCUT2D eigenvalue weighted by Gasteiger charge is -2.14. The van der Waals surface area contributed by atoms with Gasteiger partial charge in [0.25, 0.3) is 0 Å². The van der Waals surface area contributed by atoms with E-state index in [2.05, 4.69) is 17.3 Å². The number of amides is 2. The van der Waals surface area contributed by atoms with Gasteiger partial charge in [-0.1, -0.05) is 41.4 Å². The van der Waals surface area contributed by atoms with Crippen LogP contribution in [0.25, 0.3) is 0 Å². The monoisotopic (exact) mass is 387 g/mol. The van der Waals surface area contributed by atoms with Crippen LogP contribution in [0.4, 0.5) is 5.69 Å². The van der Waals surface area contributed by atoms with Crippen LogP contribution in [0.15, 0.2) is 42.7 Å². The van der Waals surface area contributed by atoms with Crippen molar-refractivity contribution in [1.29, 1.82) is 0 Å². The molecule has 132 valence electrons. The number of fused-ring (bicyclic) bond motifs is 5. The topological polar surface area (TPSA) is 55.2 Å². The molecule has 2 bridgehead atoms. The number of anilines is 1. The number of halogens is 2. The summed E-state index contributed by atoms with van der Waals surface area (Å²) in [4.78, 5) is 27.0. The van der Waals surface area contributed by atoms with Gasteiger partial charge in [0.05, 0.1) is 30.3 Å². The van der Waals surface area contributed by atoms with Gasteiger partial charge in [-0.25, -0.2) is 4.90 Å². The number of imide groups is 1. The molecule has 1 saturated carbocycles. The van der Waals surface area contributed by atoms with E-state index < -0.39 is 0 Å². The lowest BCUT2D eigenvalue weighted by molar-refractivity contribution is -0.123. The molecule has 0 unspecified atom stereocenters. The van der Waals surface area contributed by atoms with E-state index in [1.165, 1.54) is 4.90 Å². The van der Waals surface area contributed by atoms with Gasteiger partial charge in [0.1, 0.15) is 0 Å². The number of rotatable bonds is 3. The molecule has 2 aliphatic carbocycles. The zero-order valence-corrected chi connectivity index (χ0v) is 15.2. The van der Waals surface area contributed by atoms with Crippen molar-refractivity contribution in [1.82, 2.24) is 9.78 Å². The molecule has 2 aromatic rings. The van der Waals surface area contributed by atoms with Gasteiger partial charge in [-0.2, -0.15) is 5.10 Å². The third-order valence-corrected chi connectivity index (χ3v) is 6.28. The first-order chi connectivity index (χ1) is 12.5. The average molecular weight is 388 g/mol. The van der Waals surface area contributed by atoms with Gasteiger partial charge in [-0.15, -0.1) is 0 Å². The average Bonchev–Trinajstić information content (AvgIpc) is 3.35. The fourth-order valence-electron chi connectivity index (χ4n) is 4.54. The summed E-state index contributed by atoms with van der Waals surface area (Å²) in [6, 6.07) is 5.29. The predicted molar refractivity (Wildman–Crippen MR) is 98.0 cm³/mol. The highest BCUT2D eigenvalue weighted by Crippen LogP contribution is 2.53. The van der Waals surface area contributed by atoms with Crippen molar-refractivity contribution in [3.63, 3.8) is 0 Å². The minimum atomic E-state index is -0.202. The van der Waals surface area contributed by atoms with E-state index in [0.29, 0.717) is 22.3 Å². The van der Waals surface area contributed by atoms with Crippen LogP contribution < -0.4 is 4.90 Å². The summed E-state index contributed by atoms with van der Waals surface area (Å²) in [6.07, 6.45) is 8.39. The fraction of sp³-hybridized carbons (Fsp3) is 0.316. The molecule has 5 rings (SSSR count). The van der Waals surface area contributed by atoms with Crippen LogP contribution in [0.3, 0.4) is 0 Å². The van der Waals surface area contributed by atoms with Crippen LogP contribution in [-0.4, -0.2) is 21.6 Å². The number of carbonyl (C=O) groups is 2. The fourth-order valence-corrected chi connectivity index (χ4v) is 5.00. The third kappa shape index (κ3) is 2.27. The number of nitrogens with zero attached hydrogens (tertiary/aromatic N) is 3. The zero-order chi connectivity index (χ0) is 18.0. The maximum atomic E-state index is 12.8. The largest absolute Gasteiger partial charge is 0.274 e. The molecular weight excluding hydrogens is 373 g/mol. The molecule has 2 heterocycles. The first kappa shape index (κ1) is 16.1. The van der Waals surface area contributed by atoms with Gasteiger partial charge in [0.15, 0.2) is 0 Å². The molecule has 2 fully saturated rings. The van der Waals surface area contributed by atoms with Crippen molar-refractivity contribution in [2.24, 2.45) is 23.7 Å². The Morgan fingerprint density at radius 1 is 1.08 bits per heavy atom. The second-order valence-corrected chi connectivity index (χ2v) is 7.99. The van der Waals surface area contributed by atoms with Crippen LogP contribution in [0.2, 0.25) is 10.0 Å². The molecule has 0 N–H and O–H groups in total. The number of carbonyl (C=O) groups excluding carboxylic acids is 2. The quantitative estimate of drug-likeness (QED) is 0.597. The smallest absolute Gasteiger partial charge is 0.238 e. The van der Waals surface area contributed by atoms with E-state index in [4.69, 9.17) is 23.2 Å². The van der Waals surface area contributed by atoms with E-state index in [0.717, 1.165) is 12.0 Å². The highest BCUT2D eigenvalue weighted by Gasteiger charge is 2.59. The molecule has 1 aromatic carbocycles. The minimum absolute atomic E-state index is 0.0964. The summed E-state index contributed by atoms with van der Waals surface area (Å²) in [5.41, 5.74) is 1.39. The standard InChI is InChI=1S/C19H15Cl2N3O2/c20-13-4-3-12(15(21)6-13)8-23-9-14(7-22-23)24-18(25)16-10-1-2-11(5-10)17(16)19(24)26/h1-4,6-7,9-11,16-17H,5,8H2/t10-,11+,16-,17+. The third-order valence-electron chi connectivity index (χ3n) is 5.70. The molecule has 1 saturated heterocycles. The van der Waals surface area contributed by atoms with Crippen molar-refractivity contribution in [3.8, 4) is 0 Å². The van der Waals surface area contributed by atoms with Crippen molar-refractivity contribution in [2.45, 2.75) is 13.0 Å². The summed E-state index contributed by atoms with van der Waals surface area (Å²) in [7, 11) is 0. The number of aromatic nitrogens is 2. The van der Waals surface area contributed by atoms with Gasteiger partial charge in [-0.3, -0.25) is 14.3 Å². The number of hydrogen-bond donors (Lipinski definition) is 0. The van der Waals surface area contributed by atoms with E-state index >= 15 is 0 Å². The molecule has 3 aliphatic rings. The van der Waals surface area contributed by atoms with Crippen LogP contribution in [0.5, 0.6) is 0 Å². The first-order valence-electron chi connectivity index (χ1n) is 8.55. The van der Waals surface area contributed by atoms with Gasteiger partial charge in [-0.05, 0) is 36.0 Å². The molecule has 2 amide bonds. The second kappa shape index (κ2) is 5.69. The maximum absolute atomic E-state index is 12.8. The lowest BCUT2D eigenvalue weighted by atomic mass is 9.85. The Kier molecular flexibility index (Phi) is 3.52. The van der Waals surface area contributed by atoms with Gasteiger partial charge in [0, 0.05) is 16.2 Å². The van der Waals surface area contributed by atoms with E-state index in [9.17, 15) is 9.59 Å². The Bertz CT molecular complexity index is 937.